The molecule has 2 amide bonds. The van der Waals surface area contributed by atoms with Crippen LogP contribution in [-0.4, -0.2) is 28.1 Å². The van der Waals surface area contributed by atoms with Crippen molar-refractivity contribution < 1.29 is 9.21 Å². The van der Waals surface area contributed by atoms with Gasteiger partial charge in [0.25, 0.3) is 0 Å². The minimum atomic E-state index is -0.335. The van der Waals surface area contributed by atoms with E-state index >= 15 is 0 Å². The van der Waals surface area contributed by atoms with Gasteiger partial charge in [-0.2, -0.15) is 0 Å². The summed E-state index contributed by atoms with van der Waals surface area (Å²) in [5.74, 6) is 0.887. The van der Waals surface area contributed by atoms with Gasteiger partial charge >= 0.3 is 11.8 Å². The molecule has 0 bridgehead atoms. The Bertz CT molecular complexity index is 849. The zero-order valence-corrected chi connectivity index (χ0v) is 14.6. The zero-order valence-electron chi connectivity index (χ0n) is 14.6. The molecule has 1 aromatic heterocycles. The second kappa shape index (κ2) is 6.24. The van der Waals surface area contributed by atoms with Crippen molar-refractivity contribution in [3.8, 4) is 0 Å². The zero-order chi connectivity index (χ0) is 17.6. The summed E-state index contributed by atoms with van der Waals surface area (Å²) in [4.78, 5) is 25.3. The molecule has 2 aliphatic rings. The molecule has 1 saturated heterocycles. The first-order valence-electron chi connectivity index (χ1n) is 9.18. The molecular formula is C19H25N3O3. The summed E-state index contributed by atoms with van der Waals surface area (Å²) in [7, 11) is 1.72. The van der Waals surface area contributed by atoms with E-state index in [1.54, 1.807) is 7.05 Å². The second-order valence-corrected chi connectivity index (χ2v) is 7.58. The van der Waals surface area contributed by atoms with Crippen LogP contribution >= 0.6 is 0 Å². The minimum absolute atomic E-state index is 0.218. The van der Waals surface area contributed by atoms with E-state index in [1.165, 1.54) is 29.4 Å². The van der Waals surface area contributed by atoms with Gasteiger partial charge in [0.2, 0.25) is 0 Å². The number of primary amides is 1. The summed E-state index contributed by atoms with van der Waals surface area (Å²) in [5, 5.41) is 0. The van der Waals surface area contributed by atoms with Crippen molar-refractivity contribution in [2.24, 2.45) is 18.7 Å². The number of fused-ring (bicyclic) bond motifs is 1. The molecule has 2 unspecified atom stereocenters. The van der Waals surface area contributed by atoms with Crippen molar-refractivity contribution in [1.82, 2.24) is 9.47 Å². The van der Waals surface area contributed by atoms with Crippen molar-refractivity contribution in [3.05, 3.63) is 34.3 Å². The van der Waals surface area contributed by atoms with E-state index < -0.39 is 0 Å². The number of rotatable bonds is 4. The Labute approximate surface area is 146 Å². The molecule has 0 radical (unpaired) electrons. The lowest BCUT2D eigenvalue weighted by atomic mass is 9.83. The highest BCUT2D eigenvalue weighted by Crippen LogP contribution is 2.38. The maximum Gasteiger partial charge on any atom is 0.419 e. The van der Waals surface area contributed by atoms with Gasteiger partial charge in [0.05, 0.1) is 5.52 Å². The monoisotopic (exact) mass is 343 g/mol. The predicted octanol–water partition coefficient (Wildman–Crippen LogP) is 2.95. The van der Waals surface area contributed by atoms with Gasteiger partial charge in [0, 0.05) is 19.6 Å². The number of aryl methyl sites for hydroxylation is 1. The van der Waals surface area contributed by atoms with Gasteiger partial charge in [-0.15, -0.1) is 0 Å². The number of aromatic nitrogens is 1. The SMILES string of the molecule is Cn1c(=O)oc2cc(C3CCN(C(N)=O)C(CCC4CC4)C3)ccc21. The molecule has 134 valence electrons. The van der Waals surface area contributed by atoms with Crippen molar-refractivity contribution in [2.75, 3.05) is 6.54 Å². The van der Waals surface area contributed by atoms with E-state index in [9.17, 15) is 9.59 Å². The number of likely N-dealkylation sites (tertiary alicyclic amines) is 1. The third-order valence-corrected chi connectivity index (χ3v) is 5.89. The van der Waals surface area contributed by atoms with Gasteiger partial charge in [-0.1, -0.05) is 18.9 Å². The second-order valence-electron chi connectivity index (χ2n) is 7.58. The molecule has 1 aromatic carbocycles. The van der Waals surface area contributed by atoms with Crippen LogP contribution < -0.4 is 11.5 Å². The highest BCUT2D eigenvalue weighted by Gasteiger charge is 2.33. The molecule has 2 heterocycles. The first-order chi connectivity index (χ1) is 12.0. The van der Waals surface area contributed by atoms with Crippen LogP contribution in [0.1, 0.15) is 50.0 Å². The number of nitrogens with two attached hydrogens (primary N) is 1. The van der Waals surface area contributed by atoms with E-state index in [2.05, 4.69) is 6.07 Å². The summed E-state index contributed by atoms with van der Waals surface area (Å²) in [6.45, 7) is 0.701. The standard InChI is InChI=1S/C19H25N3O3/c1-21-16-7-5-13(11-17(16)25-19(21)24)14-8-9-22(18(20)23)15(10-14)6-4-12-2-3-12/h5,7,11-12,14-15H,2-4,6,8-10H2,1H3,(H2,20,23). The summed E-state index contributed by atoms with van der Waals surface area (Å²) >= 11 is 0. The minimum Gasteiger partial charge on any atom is -0.408 e. The van der Waals surface area contributed by atoms with Crippen LogP contribution in [0.15, 0.2) is 27.4 Å². The van der Waals surface area contributed by atoms with Crippen molar-refractivity contribution in [1.29, 1.82) is 0 Å². The summed E-state index contributed by atoms with van der Waals surface area (Å²) in [6, 6.07) is 5.94. The Hall–Kier alpha value is -2.24. The lowest BCUT2D eigenvalue weighted by Crippen LogP contribution is -2.48. The molecule has 2 aromatic rings. The topological polar surface area (TPSA) is 81.5 Å². The number of hydrogen-bond acceptors (Lipinski definition) is 3. The average Bonchev–Trinajstić information content (AvgIpc) is 3.38. The summed E-state index contributed by atoms with van der Waals surface area (Å²) in [6.07, 6.45) is 6.71. The maximum absolute atomic E-state index is 11.8. The summed E-state index contributed by atoms with van der Waals surface area (Å²) in [5.41, 5.74) is 8.22. The molecule has 6 nitrogen and oxygen atoms in total. The molecule has 2 N–H and O–H groups in total. The van der Waals surface area contributed by atoms with Gasteiger partial charge in [0.15, 0.2) is 5.58 Å². The number of nitrogens with zero attached hydrogens (tertiary/aromatic N) is 2. The smallest absolute Gasteiger partial charge is 0.408 e. The lowest BCUT2D eigenvalue weighted by molar-refractivity contribution is 0.143. The molecule has 4 rings (SSSR count). The van der Waals surface area contributed by atoms with Gasteiger partial charge in [-0.3, -0.25) is 4.57 Å². The van der Waals surface area contributed by atoms with Crippen LogP contribution in [-0.2, 0) is 7.05 Å². The number of carbonyl (C=O) groups excluding carboxylic acids is 1. The fourth-order valence-corrected chi connectivity index (χ4v) is 4.16. The number of benzene rings is 1. The first-order valence-corrected chi connectivity index (χ1v) is 9.18. The van der Waals surface area contributed by atoms with E-state index in [1.807, 2.05) is 17.0 Å². The third kappa shape index (κ3) is 3.17. The van der Waals surface area contributed by atoms with Crippen LogP contribution in [0.2, 0.25) is 0 Å². The molecule has 6 heteroatoms. The largest absolute Gasteiger partial charge is 0.419 e. The molecule has 1 aliphatic carbocycles. The number of hydrogen-bond donors (Lipinski definition) is 1. The van der Waals surface area contributed by atoms with E-state index in [0.717, 1.165) is 30.7 Å². The Morgan fingerprint density at radius 1 is 1.28 bits per heavy atom. The maximum atomic E-state index is 11.8. The number of carbonyl (C=O) groups is 1. The van der Waals surface area contributed by atoms with Crippen molar-refractivity contribution in [3.63, 3.8) is 0 Å². The van der Waals surface area contributed by atoms with Crippen LogP contribution in [0.3, 0.4) is 0 Å². The lowest BCUT2D eigenvalue weighted by Gasteiger charge is -2.39. The quantitative estimate of drug-likeness (QED) is 0.926. The van der Waals surface area contributed by atoms with Crippen molar-refractivity contribution in [2.45, 2.75) is 50.5 Å². The fraction of sp³-hybridized carbons (Fsp3) is 0.579. The average molecular weight is 343 g/mol. The molecule has 2 atom stereocenters. The van der Waals surface area contributed by atoms with Crippen LogP contribution in [0, 0.1) is 5.92 Å². The van der Waals surface area contributed by atoms with Crippen LogP contribution in [0.4, 0.5) is 4.79 Å². The molecule has 0 spiro atoms. The van der Waals surface area contributed by atoms with Crippen molar-refractivity contribution >= 4 is 17.1 Å². The van der Waals surface area contributed by atoms with Crippen LogP contribution in [0.25, 0.3) is 11.1 Å². The molecule has 25 heavy (non-hydrogen) atoms. The van der Waals surface area contributed by atoms with Gasteiger partial charge < -0.3 is 15.1 Å². The third-order valence-electron chi connectivity index (χ3n) is 5.89. The Morgan fingerprint density at radius 3 is 2.80 bits per heavy atom. The number of piperidine rings is 1. The number of amides is 2. The predicted molar refractivity (Wildman–Crippen MR) is 95.5 cm³/mol. The summed E-state index contributed by atoms with van der Waals surface area (Å²) < 4.78 is 6.85. The Kier molecular flexibility index (Phi) is 4.06. The Balaban J connectivity index is 1.55. The first kappa shape index (κ1) is 16.2. The van der Waals surface area contributed by atoms with E-state index in [0.29, 0.717) is 18.0 Å². The van der Waals surface area contributed by atoms with Gasteiger partial charge in [0.1, 0.15) is 0 Å². The van der Waals surface area contributed by atoms with Gasteiger partial charge in [-0.25, -0.2) is 9.59 Å². The molecule has 2 fully saturated rings. The Morgan fingerprint density at radius 2 is 2.08 bits per heavy atom. The molecule has 1 saturated carbocycles. The molecule has 1 aliphatic heterocycles. The van der Waals surface area contributed by atoms with Gasteiger partial charge in [-0.05, 0) is 55.2 Å². The van der Waals surface area contributed by atoms with E-state index in [4.69, 9.17) is 10.2 Å². The number of oxazole rings is 1. The fourth-order valence-electron chi connectivity index (χ4n) is 4.16. The van der Waals surface area contributed by atoms with E-state index in [-0.39, 0.29) is 17.8 Å². The van der Waals surface area contributed by atoms with Crippen LogP contribution in [0.5, 0.6) is 0 Å². The number of urea groups is 1. The molecular weight excluding hydrogens is 318 g/mol. The highest BCUT2D eigenvalue weighted by molar-refractivity contribution is 5.74. The highest BCUT2D eigenvalue weighted by atomic mass is 16.4. The normalized spacial score (nSPS) is 24.0.